The molecule has 0 unspecified atom stereocenters. The van der Waals surface area contributed by atoms with Gasteiger partial charge in [0.1, 0.15) is 0 Å². The highest BCUT2D eigenvalue weighted by Gasteiger charge is 2.41. The highest BCUT2D eigenvalue weighted by Crippen LogP contribution is 2.36. The predicted molar refractivity (Wildman–Crippen MR) is 57.2 cm³/mol. The first-order valence-corrected chi connectivity index (χ1v) is 5.29. The summed E-state index contributed by atoms with van der Waals surface area (Å²) >= 11 is 0. The SMILES string of the molecule is O=C1C(=O)N(C[B-](F)(F)F)c2ccc(C(F)(F)F)cc21. The topological polar surface area (TPSA) is 37.4 Å². The van der Waals surface area contributed by atoms with E-state index < -0.39 is 48.1 Å². The number of benzene rings is 1. The molecule has 1 heterocycles. The number of Topliss-reactive ketones (excluding diaryl/α,β-unsaturated/α-hetero) is 1. The molecule has 0 spiro atoms. The van der Waals surface area contributed by atoms with Crippen LogP contribution in [0, 0.1) is 0 Å². The van der Waals surface area contributed by atoms with Gasteiger partial charge in [-0.15, -0.1) is 0 Å². The first-order valence-electron chi connectivity index (χ1n) is 5.29. The molecule has 0 fully saturated rings. The number of carbonyl (C=O) groups is 2. The molecule has 10 heteroatoms. The van der Waals surface area contributed by atoms with E-state index in [1.807, 2.05) is 0 Å². The summed E-state index contributed by atoms with van der Waals surface area (Å²) in [7, 11) is 0. The number of halogens is 6. The largest absolute Gasteiger partial charge is 0.497 e. The predicted octanol–water partition coefficient (Wildman–Crippen LogP) is 2.62. The van der Waals surface area contributed by atoms with E-state index in [1.165, 1.54) is 0 Å². The van der Waals surface area contributed by atoms with Crippen LogP contribution in [0.2, 0.25) is 0 Å². The minimum absolute atomic E-state index is 0.151. The monoisotopic (exact) mass is 296 g/mol. The van der Waals surface area contributed by atoms with Crippen molar-refractivity contribution in [2.45, 2.75) is 6.18 Å². The number of amides is 1. The molecule has 0 aromatic heterocycles. The number of rotatable bonds is 2. The molecule has 3 nitrogen and oxygen atoms in total. The average Bonchev–Trinajstić information content (AvgIpc) is 2.51. The fourth-order valence-corrected chi connectivity index (χ4v) is 1.87. The second kappa shape index (κ2) is 4.25. The number of ketones is 1. The van der Waals surface area contributed by atoms with Crippen LogP contribution in [0.5, 0.6) is 0 Å². The van der Waals surface area contributed by atoms with Crippen LogP contribution >= 0.6 is 0 Å². The molecule has 1 aromatic rings. The summed E-state index contributed by atoms with van der Waals surface area (Å²) in [6, 6.07) is 1.61. The Morgan fingerprint density at radius 2 is 1.70 bits per heavy atom. The van der Waals surface area contributed by atoms with Gasteiger partial charge in [-0.25, -0.2) is 0 Å². The van der Waals surface area contributed by atoms with Crippen molar-refractivity contribution in [3.05, 3.63) is 29.3 Å². The Balaban J connectivity index is 2.47. The van der Waals surface area contributed by atoms with Gasteiger partial charge in [0.2, 0.25) is 0 Å². The average molecular weight is 296 g/mol. The van der Waals surface area contributed by atoms with E-state index in [9.17, 15) is 35.7 Å². The molecule has 0 atom stereocenters. The van der Waals surface area contributed by atoms with E-state index >= 15 is 0 Å². The van der Waals surface area contributed by atoms with Crippen LogP contribution < -0.4 is 4.90 Å². The van der Waals surface area contributed by atoms with E-state index in [1.54, 1.807) is 0 Å². The van der Waals surface area contributed by atoms with Gasteiger partial charge in [0.15, 0.2) is 0 Å². The Bertz CT molecular complexity index is 594. The minimum atomic E-state index is -5.40. The van der Waals surface area contributed by atoms with Gasteiger partial charge in [0.25, 0.3) is 11.7 Å². The van der Waals surface area contributed by atoms with E-state index in [4.69, 9.17) is 0 Å². The maximum atomic E-state index is 12.5. The highest BCUT2D eigenvalue weighted by molar-refractivity contribution is 6.62. The highest BCUT2D eigenvalue weighted by atomic mass is 19.4. The van der Waals surface area contributed by atoms with Crippen molar-refractivity contribution in [3.8, 4) is 0 Å². The van der Waals surface area contributed by atoms with Gasteiger partial charge in [-0.05, 0) is 24.6 Å². The molecule has 1 aromatic carbocycles. The lowest BCUT2D eigenvalue weighted by Gasteiger charge is -2.23. The van der Waals surface area contributed by atoms with Crippen LogP contribution in [0.4, 0.5) is 31.8 Å². The van der Waals surface area contributed by atoms with Crippen LogP contribution in [0.3, 0.4) is 0 Å². The first-order chi connectivity index (χ1) is 9.00. The van der Waals surface area contributed by atoms with Gasteiger partial charge in [0.05, 0.1) is 16.8 Å². The summed E-state index contributed by atoms with van der Waals surface area (Å²) in [5, 5.41) is 0. The summed E-state index contributed by atoms with van der Waals surface area (Å²) in [4.78, 5) is 23.0. The molecule has 0 saturated heterocycles. The lowest BCUT2D eigenvalue weighted by atomic mass is 9.91. The number of fused-ring (bicyclic) bond motifs is 1. The molecule has 1 aliphatic rings. The molecule has 0 N–H and O–H groups in total. The summed E-state index contributed by atoms with van der Waals surface area (Å²) in [5.41, 5.74) is -2.31. The van der Waals surface area contributed by atoms with Crippen LogP contribution in [0.25, 0.3) is 0 Å². The van der Waals surface area contributed by atoms with Crippen LogP contribution in [0.1, 0.15) is 15.9 Å². The van der Waals surface area contributed by atoms with E-state index in [2.05, 4.69) is 0 Å². The second-order valence-electron chi connectivity index (χ2n) is 4.18. The third kappa shape index (κ3) is 2.49. The third-order valence-electron chi connectivity index (χ3n) is 2.69. The Hall–Kier alpha value is -2.00. The Kier molecular flexibility index (Phi) is 3.06. The van der Waals surface area contributed by atoms with Crippen molar-refractivity contribution in [2.24, 2.45) is 0 Å². The van der Waals surface area contributed by atoms with Crippen LogP contribution in [-0.4, -0.2) is 25.1 Å². The smallest absolute Gasteiger partial charge is 0.448 e. The Labute approximate surface area is 108 Å². The number of anilines is 1. The summed E-state index contributed by atoms with van der Waals surface area (Å²) in [6.07, 6.45) is -6.41. The van der Waals surface area contributed by atoms with Crippen molar-refractivity contribution in [1.29, 1.82) is 0 Å². The third-order valence-corrected chi connectivity index (χ3v) is 2.69. The van der Waals surface area contributed by atoms with Crippen molar-refractivity contribution in [1.82, 2.24) is 0 Å². The van der Waals surface area contributed by atoms with Crippen LogP contribution in [-0.2, 0) is 11.0 Å². The van der Waals surface area contributed by atoms with Crippen molar-refractivity contribution < 1.29 is 35.7 Å². The van der Waals surface area contributed by atoms with E-state index in [-0.39, 0.29) is 4.90 Å². The zero-order valence-corrected chi connectivity index (χ0v) is 9.55. The molecule has 0 aliphatic carbocycles. The fraction of sp³-hybridized carbons (Fsp3) is 0.200. The van der Waals surface area contributed by atoms with Crippen molar-refractivity contribution in [2.75, 3.05) is 11.3 Å². The number of alkyl halides is 3. The molecular formula is C10H5BF6NO2-. The van der Waals surface area contributed by atoms with E-state index in [0.717, 1.165) is 0 Å². The maximum Gasteiger partial charge on any atom is 0.497 e. The first kappa shape index (κ1) is 14.4. The molecule has 0 saturated carbocycles. The standard InChI is InChI=1S/C10H5BF6NO2/c12-10(13,14)5-1-2-7-6(3-5)8(19)9(20)18(7)4-11(15,16)17/h1-3H,4H2/q-1. The van der Waals surface area contributed by atoms with Crippen molar-refractivity contribution in [3.63, 3.8) is 0 Å². The number of hydrogen-bond acceptors (Lipinski definition) is 2. The summed E-state index contributed by atoms with van der Waals surface area (Å²) in [6.45, 7) is -5.40. The lowest BCUT2D eigenvalue weighted by Crippen LogP contribution is -2.41. The van der Waals surface area contributed by atoms with Gasteiger partial charge < -0.3 is 17.8 Å². The van der Waals surface area contributed by atoms with Gasteiger partial charge in [0, 0.05) is 0 Å². The molecule has 0 bridgehead atoms. The second-order valence-corrected chi connectivity index (χ2v) is 4.18. The van der Waals surface area contributed by atoms with Crippen molar-refractivity contribution >= 4 is 24.4 Å². The van der Waals surface area contributed by atoms with Gasteiger partial charge in [-0.3, -0.25) is 9.59 Å². The number of nitrogens with zero attached hydrogens (tertiary/aromatic N) is 1. The lowest BCUT2D eigenvalue weighted by molar-refractivity contribution is -0.137. The van der Waals surface area contributed by atoms with Gasteiger partial charge >= 0.3 is 13.2 Å². The number of carbonyl (C=O) groups excluding carboxylic acids is 2. The molecule has 1 amide bonds. The Morgan fingerprint density at radius 1 is 1.10 bits per heavy atom. The summed E-state index contributed by atoms with van der Waals surface area (Å²) in [5.74, 6) is -2.84. The molecular weight excluding hydrogens is 291 g/mol. The zero-order valence-electron chi connectivity index (χ0n) is 9.55. The normalized spacial score (nSPS) is 15.8. The van der Waals surface area contributed by atoms with E-state index in [0.29, 0.717) is 18.2 Å². The zero-order chi connectivity index (χ0) is 15.3. The molecule has 1 aliphatic heterocycles. The van der Waals surface area contributed by atoms with Crippen LogP contribution in [0.15, 0.2) is 18.2 Å². The maximum absolute atomic E-state index is 12.5. The number of hydrogen-bond donors (Lipinski definition) is 0. The molecule has 2 rings (SSSR count). The van der Waals surface area contributed by atoms with Gasteiger partial charge in [-0.2, -0.15) is 13.2 Å². The quantitative estimate of drug-likeness (QED) is 0.478. The molecule has 20 heavy (non-hydrogen) atoms. The Morgan fingerprint density at radius 3 is 2.20 bits per heavy atom. The minimum Gasteiger partial charge on any atom is -0.448 e. The molecule has 0 radical (unpaired) electrons. The van der Waals surface area contributed by atoms with Gasteiger partial charge in [-0.1, -0.05) is 0 Å². The molecule has 108 valence electrons. The summed E-state index contributed by atoms with van der Waals surface area (Å²) < 4.78 is 74.4. The fourth-order valence-electron chi connectivity index (χ4n) is 1.87.